The predicted octanol–water partition coefficient (Wildman–Crippen LogP) is 2.09. The van der Waals surface area contributed by atoms with Crippen molar-refractivity contribution in [2.45, 2.75) is 33.3 Å². The van der Waals surface area contributed by atoms with Crippen LogP contribution >= 0.6 is 0 Å². The zero-order valence-electron chi connectivity index (χ0n) is 24.0. The molecule has 1 amide bonds. The summed E-state index contributed by atoms with van der Waals surface area (Å²) in [6.45, 7) is 17.5. The van der Waals surface area contributed by atoms with E-state index in [0.717, 1.165) is 0 Å². The van der Waals surface area contributed by atoms with Crippen LogP contribution < -0.4 is 0 Å². The van der Waals surface area contributed by atoms with E-state index in [2.05, 4.69) is 6.58 Å². The number of esters is 1. The quantitative estimate of drug-likeness (QED) is 0.0942. The van der Waals surface area contributed by atoms with Gasteiger partial charge in [-0.2, -0.15) is 0 Å². The van der Waals surface area contributed by atoms with Gasteiger partial charge in [-0.15, -0.1) is 0 Å². The van der Waals surface area contributed by atoms with Gasteiger partial charge in [0.05, 0.1) is 92.5 Å². The molecule has 0 aromatic carbocycles. The molecule has 0 bridgehead atoms. The van der Waals surface area contributed by atoms with Crippen LogP contribution in [0.15, 0.2) is 12.2 Å². The third kappa shape index (κ3) is 25.8. The summed E-state index contributed by atoms with van der Waals surface area (Å²) in [4.78, 5) is 24.5. The lowest BCUT2D eigenvalue weighted by Gasteiger charge is -2.24. The average molecular weight is 552 g/mol. The second kappa shape index (κ2) is 24.3. The normalized spacial score (nSPS) is 11.4. The molecule has 0 heterocycles. The van der Waals surface area contributed by atoms with E-state index in [1.165, 1.54) is 4.90 Å². The summed E-state index contributed by atoms with van der Waals surface area (Å²) in [5, 5.41) is 0. The first-order chi connectivity index (χ1) is 18.1. The van der Waals surface area contributed by atoms with Crippen molar-refractivity contribution in [3.05, 3.63) is 12.2 Å². The first kappa shape index (κ1) is 36.2. The highest BCUT2D eigenvalue weighted by Crippen LogP contribution is 2.08. The second-order valence-corrected chi connectivity index (χ2v) is 9.10. The number of likely N-dealkylation sites (N-methyl/N-ethyl adjacent to an activating group) is 1. The van der Waals surface area contributed by atoms with E-state index in [4.69, 9.17) is 42.6 Å². The van der Waals surface area contributed by atoms with E-state index >= 15 is 0 Å². The zero-order valence-corrected chi connectivity index (χ0v) is 24.0. The van der Waals surface area contributed by atoms with E-state index in [0.29, 0.717) is 105 Å². The highest BCUT2D eigenvalue weighted by molar-refractivity contribution is 5.86. The van der Waals surface area contributed by atoms with Gasteiger partial charge >= 0.3 is 12.1 Å². The van der Waals surface area contributed by atoms with Gasteiger partial charge in [0.15, 0.2) is 0 Å². The monoisotopic (exact) mass is 551 g/mol. The second-order valence-electron chi connectivity index (χ2n) is 9.10. The topological polar surface area (TPSA) is 120 Å². The summed E-state index contributed by atoms with van der Waals surface area (Å²) in [6, 6.07) is 0. The van der Waals surface area contributed by atoms with E-state index in [1.807, 2.05) is 20.8 Å². The molecular formula is C26H49NO11. The number of hydrogen-bond acceptors (Lipinski definition) is 11. The largest absolute Gasteiger partial charge is 0.460 e. The molecule has 12 nitrogen and oxygen atoms in total. The summed E-state index contributed by atoms with van der Waals surface area (Å²) in [5.41, 5.74) is -0.142. The summed E-state index contributed by atoms with van der Waals surface area (Å²) >= 11 is 0. The highest BCUT2D eigenvalue weighted by atomic mass is 16.6. The molecule has 12 heteroatoms. The van der Waals surface area contributed by atoms with Crippen molar-refractivity contribution in [3.8, 4) is 0 Å². The van der Waals surface area contributed by atoms with Crippen LogP contribution in [0.25, 0.3) is 0 Å². The Balaban J connectivity index is 3.21. The number of nitrogens with zero attached hydrogens (tertiary/aromatic N) is 1. The summed E-state index contributed by atoms with van der Waals surface area (Å²) in [7, 11) is 1.68. The lowest BCUT2D eigenvalue weighted by atomic mass is 10.2. The lowest BCUT2D eigenvalue weighted by molar-refractivity contribution is -0.140. The number of carbonyl (C=O) groups is 2. The minimum Gasteiger partial charge on any atom is -0.460 e. The van der Waals surface area contributed by atoms with Crippen molar-refractivity contribution in [2.75, 3.05) is 113 Å². The number of amides is 1. The molecule has 0 saturated heterocycles. The molecule has 38 heavy (non-hydrogen) atoms. The molecule has 0 aliphatic rings. The lowest BCUT2D eigenvalue weighted by Crippen LogP contribution is -2.36. The van der Waals surface area contributed by atoms with Crippen molar-refractivity contribution in [1.29, 1.82) is 0 Å². The van der Waals surface area contributed by atoms with Crippen LogP contribution in [0, 0.1) is 0 Å². The van der Waals surface area contributed by atoms with Gasteiger partial charge in [0, 0.05) is 19.2 Å². The van der Waals surface area contributed by atoms with Crippen molar-refractivity contribution < 1.29 is 52.2 Å². The Bertz CT molecular complexity index is 610. The molecule has 0 aromatic heterocycles. The molecule has 0 aromatic rings. The fourth-order valence-corrected chi connectivity index (χ4v) is 2.37. The molecule has 0 unspecified atom stereocenters. The van der Waals surface area contributed by atoms with Gasteiger partial charge in [-0.25, -0.2) is 9.59 Å². The zero-order chi connectivity index (χ0) is 28.5. The van der Waals surface area contributed by atoms with Crippen molar-refractivity contribution in [1.82, 2.24) is 4.90 Å². The number of ether oxygens (including phenoxy) is 9. The fourth-order valence-electron chi connectivity index (χ4n) is 2.37. The molecular weight excluding hydrogens is 502 g/mol. The van der Waals surface area contributed by atoms with Crippen LogP contribution in [-0.4, -0.2) is 135 Å². The Labute approximate surface area is 227 Å². The predicted molar refractivity (Wildman–Crippen MR) is 140 cm³/mol. The molecule has 0 atom stereocenters. The minimum absolute atomic E-state index is 0.197. The Hall–Kier alpha value is -1.80. The smallest absolute Gasteiger partial charge is 0.410 e. The minimum atomic E-state index is -0.510. The molecule has 0 rings (SSSR count). The maximum atomic E-state index is 11.8. The van der Waals surface area contributed by atoms with Gasteiger partial charge in [0.2, 0.25) is 0 Å². The van der Waals surface area contributed by atoms with Crippen molar-refractivity contribution in [3.63, 3.8) is 0 Å². The molecule has 0 aliphatic heterocycles. The van der Waals surface area contributed by atoms with Crippen LogP contribution in [-0.2, 0) is 47.4 Å². The van der Waals surface area contributed by atoms with Crippen LogP contribution in [0.4, 0.5) is 4.79 Å². The maximum Gasteiger partial charge on any atom is 0.410 e. The Kier molecular flexibility index (Phi) is 23.1. The summed E-state index contributed by atoms with van der Waals surface area (Å²) in [6.07, 6.45) is -0.367. The van der Waals surface area contributed by atoms with E-state index < -0.39 is 11.6 Å². The molecule has 224 valence electrons. The summed E-state index contributed by atoms with van der Waals surface area (Å²) < 4.78 is 48.0. The Morgan fingerprint density at radius 3 is 1.24 bits per heavy atom. The van der Waals surface area contributed by atoms with Gasteiger partial charge in [-0.05, 0) is 27.7 Å². The van der Waals surface area contributed by atoms with Gasteiger partial charge in [0.25, 0.3) is 0 Å². The first-order valence-corrected chi connectivity index (χ1v) is 12.9. The van der Waals surface area contributed by atoms with Crippen LogP contribution in [0.1, 0.15) is 27.7 Å². The SMILES string of the molecule is C=C(C)C(=O)OCCOCCOCCOCCOCCOCCOCCOCCN(C)C(=O)OC(C)(C)C. The van der Waals surface area contributed by atoms with Gasteiger partial charge < -0.3 is 47.5 Å². The summed E-state index contributed by atoms with van der Waals surface area (Å²) in [5.74, 6) is -0.415. The number of rotatable bonds is 25. The Morgan fingerprint density at radius 2 is 0.921 bits per heavy atom. The molecule has 0 radical (unpaired) electrons. The fraction of sp³-hybridized carbons (Fsp3) is 0.846. The van der Waals surface area contributed by atoms with Gasteiger partial charge in [-0.3, -0.25) is 0 Å². The standard InChI is InChI=1S/C26H49NO11/c1-23(2)24(28)37-22-21-36-20-19-35-18-17-34-16-15-33-14-13-32-12-11-31-10-9-30-8-7-27(6)25(29)38-26(3,4)5/h1,7-22H2,2-6H3. The number of carbonyl (C=O) groups excluding carboxylic acids is 2. The molecule has 0 aliphatic carbocycles. The maximum absolute atomic E-state index is 11.8. The van der Waals surface area contributed by atoms with E-state index in [9.17, 15) is 9.59 Å². The van der Waals surface area contributed by atoms with Gasteiger partial charge in [0.1, 0.15) is 12.2 Å². The van der Waals surface area contributed by atoms with Crippen LogP contribution in [0.2, 0.25) is 0 Å². The number of hydrogen-bond donors (Lipinski definition) is 0. The molecule has 0 N–H and O–H groups in total. The van der Waals surface area contributed by atoms with Crippen LogP contribution in [0.3, 0.4) is 0 Å². The highest BCUT2D eigenvalue weighted by Gasteiger charge is 2.19. The molecule has 0 fully saturated rings. The average Bonchev–Trinajstić information content (AvgIpc) is 2.85. The molecule has 0 spiro atoms. The van der Waals surface area contributed by atoms with E-state index in [-0.39, 0.29) is 12.7 Å². The first-order valence-electron chi connectivity index (χ1n) is 12.9. The van der Waals surface area contributed by atoms with E-state index in [1.54, 1.807) is 14.0 Å². The van der Waals surface area contributed by atoms with Crippen molar-refractivity contribution in [2.24, 2.45) is 0 Å². The third-order valence-electron chi connectivity index (χ3n) is 4.32. The third-order valence-corrected chi connectivity index (χ3v) is 4.32. The Morgan fingerprint density at radius 1 is 0.605 bits per heavy atom. The van der Waals surface area contributed by atoms with Crippen LogP contribution in [0.5, 0.6) is 0 Å². The molecule has 0 saturated carbocycles. The van der Waals surface area contributed by atoms with Gasteiger partial charge in [-0.1, -0.05) is 6.58 Å². The van der Waals surface area contributed by atoms with Crippen molar-refractivity contribution >= 4 is 12.1 Å².